The number of anilines is 2. The number of furan rings is 1. The topological polar surface area (TPSA) is 89.8 Å². The van der Waals surface area contributed by atoms with Crippen LogP contribution in [-0.2, 0) is 0 Å². The molecule has 1 amide bonds. The Hall–Kier alpha value is -4.26. The fourth-order valence-corrected chi connectivity index (χ4v) is 3.58. The van der Waals surface area contributed by atoms with Gasteiger partial charge in [0.05, 0.1) is 12.2 Å². The zero-order valence-corrected chi connectivity index (χ0v) is 17.1. The van der Waals surface area contributed by atoms with Gasteiger partial charge in [0, 0.05) is 16.6 Å². The molecule has 0 unspecified atom stereocenters. The number of carbonyl (C=O) groups excluding carboxylic acids is 2. The molecule has 0 aliphatic carbocycles. The molecule has 7 nitrogen and oxygen atoms in total. The zero-order valence-electron chi connectivity index (χ0n) is 17.1. The van der Waals surface area contributed by atoms with Crippen LogP contribution in [0.25, 0.3) is 11.0 Å². The maximum absolute atomic E-state index is 12.9. The number of amides is 1. The van der Waals surface area contributed by atoms with Crippen LogP contribution in [0.1, 0.15) is 20.9 Å². The average Bonchev–Trinajstić information content (AvgIpc) is 3.21. The summed E-state index contributed by atoms with van der Waals surface area (Å²) in [6, 6.07) is 21.5. The summed E-state index contributed by atoms with van der Waals surface area (Å²) >= 11 is 0. The molecule has 1 aromatic heterocycles. The Kier molecular flexibility index (Phi) is 5.21. The lowest BCUT2D eigenvalue weighted by Gasteiger charge is -2.18. The van der Waals surface area contributed by atoms with Crippen molar-refractivity contribution in [1.82, 2.24) is 0 Å². The molecule has 0 saturated carbocycles. The minimum atomic E-state index is -0.401. The molecule has 5 rings (SSSR count). The third-order valence-electron chi connectivity index (χ3n) is 5.12. The number of Topliss-reactive ketones (excluding diaryl/α,β-unsaturated/α-hetero) is 1. The van der Waals surface area contributed by atoms with Crippen molar-refractivity contribution in [2.45, 2.75) is 0 Å². The highest BCUT2D eigenvalue weighted by molar-refractivity contribution is 6.12. The van der Waals surface area contributed by atoms with E-state index in [1.165, 1.54) is 0 Å². The minimum absolute atomic E-state index is 0.0191. The van der Waals surface area contributed by atoms with E-state index in [0.717, 1.165) is 5.39 Å². The fourth-order valence-electron chi connectivity index (χ4n) is 3.58. The molecule has 3 aromatic carbocycles. The SMILES string of the molecule is O=C(CNc1c(C(=O)Nc2ccccc2)oc2ccccc12)c1ccc2c(c1)OCCO2. The molecule has 0 bridgehead atoms. The lowest BCUT2D eigenvalue weighted by Crippen LogP contribution is -2.19. The molecule has 0 saturated heterocycles. The van der Waals surface area contributed by atoms with Gasteiger partial charge in [-0.15, -0.1) is 0 Å². The molecule has 0 spiro atoms. The molecule has 0 atom stereocenters. The van der Waals surface area contributed by atoms with Crippen molar-refractivity contribution in [2.24, 2.45) is 0 Å². The largest absolute Gasteiger partial charge is 0.486 e. The van der Waals surface area contributed by atoms with Crippen molar-refractivity contribution < 1.29 is 23.5 Å². The quantitative estimate of drug-likeness (QED) is 0.431. The molecule has 0 radical (unpaired) electrons. The van der Waals surface area contributed by atoms with E-state index < -0.39 is 5.91 Å². The zero-order chi connectivity index (χ0) is 21.9. The lowest BCUT2D eigenvalue weighted by molar-refractivity contribution is 0.0990. The molecule has 7 heteroatoms. The van der Waals surface area contributed by atoms with E-state index >= 15 is 0 Å². The first-order valence-corrected chi connectivity index (χ1v) is 10.2. The number of carbonyl (C=O) groups is 2. The second kappa shape index (κ2) is 8.47. The highest BCUT2D eigenvalue weighted by atomic mass is 16.6. The van der Waals surface area contributed by atoms with Crippen LogP contribution in [-0.4, -0.2) is 31.4 Å². The van der Waals surface area contributed by atoms with Crippen LogP contribution in [0.15, 0.2) is 77.2 Å². The predicted molar refractivity (Wildman–Crippen MR) is 121 cm³/mol. The first-order valence-electron chi connectivity index (χ1n) is 10.2. The Labute approximate surface area is 183 Å². The van der Waals surface area contributed by atoms with Gasteiger partial charge >= 0.3 is 0 Å². The first-order chi connectivity index (χ1) is 15.7. The Bertz CT molecular complexity index is 1300. The molecule has 2 N–H and O–H groups in total. The maximum atomic E-state index is 12.9. The van der Waals surface area contributed by atoms with Crippen molar-refractivity contribution in [3.05, 3.63) is 84.1 Å². The number of hydrogen-bond donors (Lipinski definition) is 2. The highest BCUT2D eigenvalue weighted by Gasteiger charge is 2.22. The van der Waals surface area contributed by atoms with Gasteiger partial charge in [0.25, 0.3) is 5.91 Å². The number of fused-ring (bicyclic) bond motifs is 2. The lowest BCUT2D eigenvalue weighted by atomic mass is 10.1. The molecule has 1 aliphatic heterocycles. The van der Waals surface area contributed by atoms with Gasteiger partial charge in [-0.25, -0.2) is 0 Å². The van der Waals surface area contributed by atoms with E-state index in [4.69, 9.17) is 13.9 Å². The summed E-state index contributed by atoms with van der Waals surface area (Å²) < 4.78 is 16.9. The molecular weight excluding hydrogens is 408 g/mol. The van der Waals surface area contributed by atoms with Gasteiger partial charge in [-0.2, -0.15) is 0 Å². The number of benzene rings is 3. The predicted octanol–water partition coefficient (Wildman–Crippen LogP) is 4.75. The summed E-state index contributed by atoms with van der Waals surface area (Å²) in [5.74, 6) is 0.744. The van der Waals surface area contributed by atoms with Crippen molar-refractivity contribution in [3.63, 3.8) is 0 Å². The normalized spacial score (nSPS) is 12.4. The van der Waals surface area contributed by atoms with Crippen LogP contribution in [0.3, 0.4) is 0 Å². The number of nitrogens with one attached hydrogen (secondary N) is 2. The molecule has 0 fully saturated rings. The van der Waals surface area contributed by atoms with Crippen LogP contribution >= 0.6 is 0 Å². The van der Waals surface area contributed by atoms with Gasteiger partial charge < -0.3 is 24.5 Å². The summed E-state index contributed by atoms with van der Waals surface area (Å²) in [6.07, 6.45) is 0. The van der Waals surface area contributed by atoms with Crippen molar-refractivity contribution >= 4 is 34.0 Å². The second-order valence-corrected chi connectivity index (χ2v) is 7.26. The van der Waals surface area contributed by atoms with E-state index in [-0.39, 0.29) is 18.1 Å². The third kappa shape index (κ3) is 3.88. The van der Waals surface area contributed by atoms with E-state index in [0.29, 0.717) is 47.2 Å². The Morgan fingerprint density at radius 1 is 0.844 bits per heavy atom. The summed E-state index contributed by atoms with van der Waals surface area (Å²) in [5, 5.41) is 6.65. The van der Waals surface area contributed by atoms with Gasteiger partial charge in [0.2, 0.25) is 5.76 Å². The Morgan fingerprint density at radius 2 is 1.59 bits per heavy atom. The smallest absolute Gasteiger partial charge is 0.293 e. The molecule has 2 heterocycles. The molecular formula is C25H20N2O5. The van der Waals surface area contributed by atoms with E-state index in [2.05, 4.69) is 10.6 Å². The summed E-state index contributed by atoms with van der Waals surface area (Å²) in [4.78, 5) is 25.8. The van der Waals surface area contributed by atoms with E-state index in [1.807, 2.05) is 36.4 Å². The average molecular weight is 428 g/mol. The van der Waals surface area contributed by atoms with Crippen LogP contribution in [0.4, 0.5) is 11.4 Å². The Balaban J connectivity index is 1.39. The van der Waals surface area contributed by atoms with Gasteiger partial charge in [-0.3, -0.25) is 9.59 Å². The number of ketones is 1. The Morgan fingerprint density at radius 3 is 2.44 bits per heavy atom. The van der Waals surface area contributed by atoms with Gasteiger partial charge in [-0.1, -0.05) is 30.3 Å². The van der Waals surface area contributed by atoms with Crippen molar-refractivity contribution in [3.8, 4) is 11.5 Å². The fraction of sp³-hybridized carbons (Fsp3) is 0.120. The number of rotatable bonds is 6. The van der Waals surface area contributed by atoms with Crippen molar-refractivity contribution in [1.29, 1.82) is 0 Å². The van der Waals surface area contributed by atoms with Crippen LogP contribution in [0, 0.1) is 0 Å². The second-order valence-electron chi connectivity index (χ2n) is 7.26. The van der Waals surface area contributed by atoms with Crippen LogP contribution in [0.5, 0.6) is 11.5 Å². The van der Waals surface area contributed by atoms with Gasteiger partial charge in [0.1, 0.15) is 18.8 Å². The summed E-state index contributed by atoms with van der Waals surface area (Å²) in [6.45, 7) is 0.918. The number of para-hydroxylation sites is 2. The number of ether oxygens (including phenoxy) is 2. The third-order valence-corrected chi connectivity index (χ3v) is 5.12. The minimum Gasteiger partial charge on any atom is -0.486 e. The van der Waals surface area contributed by atoms with Crippen molar-refractivity contribution in [2.75, 3.05) is 30.4 Å². The summed E-state index contributed by atoms with van der Waals surface area (Å²) in [5.41, 5.74) is 2.17. The van der Waals surface area contributed by atoms with Gasteiger partial charge in [0.15, 0.2) is 17.3 Å². The maximum Gasteiger partial charge on any atom is 0.293 e. The van der Waals surface area contributed by atoms with Gasteiger partial charge in [-0.05, 0) is 42.5 Å². The highest BCUT2D eigenvalue weighted by Crippen LogP contribution is 2.33. The van der Waals surface area contributed by atoms with Crippen LogP contribution < -0.4 is 20.1 Å². The molecule has 32 heavy (non-hydrogen) atoms. The van der Waals surface area contributed by atoms with E-state index in [9.17, 15) is 9.59 Å². The molecule has 4 aromatic rings. The summed E-state index contributed by atoms with van der Waals surface area (Å²) in [7, 11) is 0. The van der Waals surface area contributed by atoms with Crippen LogP contribution in [0.2, 0.25) is 0 Å². The number of hydrogen-bond acceptors (Lipinski definition) is 6. The molecule has 1 aliphatic rings. The standard InChI is InChI=1S/C25H20N2O5/c28-19(16-10-11-21-22(14-16)31-13-12-30-21)15-26-23-18-8-4-5-9-20(18)32-24(23)25(29)27-17-6-2-1-3-7-17/h1-11,14,26H,12-13,15H2,(H,27,29). The first kappa shape index (κ1) is 19.7. The molecule has 160 valence electrons. The van der Waals surface area contributed by atoms with E-state index in [1.54, 1.807) is 36.4 Å². The monoisotopic (exact) mass is 428 g/mol.